The Balaban J connectivity index is 3.86. The van der Waals surface area contributed by atoms with Crippen LogP contribution in [-0.4, -0.2) is 57.5 Å². The standard InChI is InChI=1S/C8H15NO5S/c1-5(11)9-7(8(13)14)4-15-3-6(12)2-10/h6-7,10,12H,2-4H2,1H3,(H,9,11)(H,13,14). The van der Waals surface area contributed by atoms with Gasteiger partial charge >= 0.3 is 5.97 Å². The number of nitrogens with one attached hydrogen (secondary N) is 1. The molecule has 0 fully saturated rings. The predicted octanol–water partition coefficient (Wildman–Crippen LogP) is -1.34. The van der Waals surface area contributed by atoms with Crippen LogP contribution >= 0.6 is 11.8 Å². The monoisotopic (exact) mass is 237 g/mol. The Kier molecular flexibility index (Phi) is 7.10. The maximum absolute atomic E-state index is 10.6. The van der Waals surface area contributed by atoms with Crippen molar-refractivity contribution >= 4 is 23.6 Å². The molecule has 15 heavy (non-hydrogen) atoms. The van der Waals surface area contributed by atoms with Crippen LogP contribution in [0.15, 0.2) is 0 Å². The summed E-state index contributed by atoms with van der Waals surface area (Å²) in [6.45, 7) is 0.883. The predicted molar refractivity (Wildman–Crippen MR) is 55.7 cm³/mol. The van der Waals surface area contributed by atoms with Crippen LogP contribution in [0.2, 0.25) is 0 Å². The molecule has 4 N–H and O–H groups in total. The largest absolute Gasteiger partial charge is 0.480 e. The maximum Gasteiger partial charge on any atom is 0.327 e. The van der Waals surface area contributed by atoms with E-state index in [9.17, 15) is 9.59 Å². The minimum absolute atomic E-state index is 0.159. The molecule has 0 aromatic heterocycles. The van der Waals surface area contributed by atoms with E-state index in [0.29, 0.717) is 0 Å². The Morgan fingerprint density at radius 3 is 2.40 bits per heavy atom. The molecule has 0 heterocycles. The first-order valence-corrected chi connectivity index (χ1v) is 5.49. The third-order valence-electron chi connectivity index (χ3n) is 1.48. The lowest BCUT2D eigenvalue weighted by molar-refractivity contribution is -0.140. The molecule has 0 saturated carbocycles. The molecule has 0 bridgehead atoms. The molecule has 0 aromatic carbocycles. The molecule has 2 atom stereocenters. The van der Waals surface area contributed by atoms with E-state index in [2.05, 4.69) is 5.32 Å². The molecule has 6 nitrogen and oxygen atoms in total. The van der Waals surface area contributed by atoms with Crippen molar-refractivity contribution in [3.63, 3.8) is 0 Å². The molecule has 0 aliphatic heterocycles. The molecular formula is C8H15NO5S. The number of carbonyl (C=O) groups excluding carboxylic acids is 1. The van der Waals surface area contributed by atoms with E-state index in [-0.39, 0.29) is 18.1 Å². The van der Waals surface area contributed by atoms with Gasteiger partial charge in [-0.2, -0.15) is 11.8 Å². The first-order valence-electron chi connectivity index (χ1n) is 4.34. The highest BCUT2D eigenvalue weighted by molar-refractivity contribution is 7.99. The van der Waals surface area contributed by atoms with Gasteiger partial charge in [-0.15, -0.1) is 0 Å². The molecule has 0 aliphatic carbocycles. The molecule has 7 heteroatoms. The Morgan fingerprint density at radius 1 is 1.40 bits per heavy atom. The smallest absolute Gasteiger partial charge is 0.327 e. The zero-order valence-electron chi connectivity index (χ0n) is 8.34. The molecular weight excluding hydrogens is 222 g/mol. The topological polar surface area (TPSA) is 107 Å². The summed E-state index contributed by atoms with van der Waals surface area (Å²) in [6.07, 6.45) is -0.859. The summed E-state index contributed by atoms with van der Waals surface area (Å²) in [5, 5.41) is 28.5. The molecule has 0 radical (unpaired) electrons. The number of aliphatic carboxylic acids is 1. The number of rotatable bonds is 7. The van der Waals surface area contributed by atoms with E-state index in [4.69, 9.17) is 15.3 Å². The van der Waals surface area contributed by atoms with Gasteiger partial charge in [-0.1, -0.05) is 0 Å². The summed E-state index contributed by atoms with van der Waals surface area (Å²) in [5.41, 5.74) is 0. The van der Waals surface area contributed by atoms with Crippen LogP contribution in [0.1, 0.15) is 6.92 Å². The first-order chi connectivity index (χ1) is 6.97. The van der Waals surface area contributed by atoms with Crippen LogP contribution in [0.3, 0.4) is 0 Å². The van der Waals surface area contributed by atoms with Gasteiger partial charge in [-0.25, -0.2) is 4.79 Å². The second-order valence-electron chi connectivity index (χ2n) is 2.97. The number of hydrogen-bond donors (Lipinski definition) is 4. The van der Waals surface area contributed by atoms with Gasteiger partial charge in [0, 0.05) is 18.4 Å². The van der Waals surface area contributed by atoms with Crippen molar-refractivity contribution in [2.24, 2.45) is 0 Å². The lowest BCUT2D eigenvalue weighted by Gasteiger charge is -2.13. The number of carboxylic acids is 1. The third kappa shape index (κ3) is 7.18. The fourth-order valence-corrected chi connectivity index (χ4v) is 1.77. The SMILES string of the molecule is CC(=O)NC(CSCC(O)CO)C(=O)O. The number of hydrogen-bond acceptors (Lipinski definition) is 5. The highest BCUT2D eigenvalue weighted by Gasteiger charge is 2.18. The normalized spacial score (nSPS) is 14.3. The van der Waals surface area contributed by atoms with E-state index in [1.54, 1.807) is 0 Å². The van der Waals surface area contributed by atoms with Gasteiger partial charge in [0.05, 0.1) is 12.7 Å². The minimum Gasteiger partial charge on any atom is -0.480 e. The molecule has 88 valence electrons. The van der Waals surface area contributed by atoms with Gasteiger partial charge in [0.25, 0.3) is 0 Å². The van der Waals surface area contributed by atoms with Crippen molar-refractivity contribution in [3.8, 4) is 0 Å². The maximum atomic E-state index is 10.6. The fourth-order valence-electron chi connectivity index (χ4n) is 0.795. The average molecular weight is 237 g/mol. The second-order valence-corrected chi connectivity index (χ2v) is 4.04. The van der Waals surface area contributed by atoms with Crippen molar-refractivity contribution < 1.29 is 24.9 Å². The molecule has 0 saturated heterocycles. The second kappa shape index (κ2) is 7.49. The van der Waals surface area contributed by atoms with Crippen LogP contribution in [0.4, 0.5) is 0 Å². The lowest BCUT2D eigenvalue weighted by Crippen LogP contribution is -2.41. The summed E-state index contributed by atoms with van der Waals surface area (Å²) >= 11 is 1.16. The summed E-state index contributed by atoms with van der Waals surface area (Å²) in [7, 11) is 0. The van der Waals surface area contributed by atoms with Gasteiger partial charge in [-0.05, 0) is 0 Å². The van der Waals surface area contributed by atoms with Gasteiger partial charge in [0.2, 0.25) is 5.91 Å². The zero-order valence-corrected chi connectivity index (χ0v) is 9.16. The van der Waals surface area contributed by atoms with Crippen molar-refractivity contribution in [2.45, 2.75) is 19.1 Å². The molecule has 0 aliphatic rings. The van der Waals surface area contributed by atoms with E-state index in [1.165, 1.54) is 6.92 Å². The number of carboxylic acid groups (broad SMARTS) is 1. The zero-order chi connectivity index (χ0) is 11.8. The molecule has 0 aromatic rings. The number of amides is 1. The van der Waals surface area contributed by atoms with Crippen molar-refractivity contribution in [2.75, 3.05) is 18.1 Å². The Morgan fingerprint density at radius 2 is 2.00 bits per heavy atom. The van der Waals surface area contributed by atoms with Crippen LogP contribution in [0.5, 0.6) is 0 Å². The van der Waals surface area contributed by atoms with E-state index in [0.717, 1.165) is 11.8 Å². The highest BCUT2D eigenvalue weighted by Crippen LogP contribution is 2.05. The van der Waals surface area contributed by atoms with Crippen LogP contribution in [0, 0.1) is 0 Å². The summed E-state index contributed by atoms with van der Waals surface area (Å²) < 4.78 is 0. The summed E-state index contributed by atoms with van der Waals surface area (Å²) in [6, 6.07) is -0.960. The van der Waals surface area contributed by atoms with Crippen LogP contribution in [0.25, 0.3) is 0 Å². The average Bonchev–Trinajstić information content (AvgIpc) is 2.15. The van der Waals surface area contributed by atoms with Crippen molar-refractivity contribution in [1.82, 2.24) is 5.32 Å². The number of aliphatic hydroxyl groups is 2. The number of carbonyl (C=O) groups is 2. The van der Waals surface area contributed by atoms with E-state index < -0.39 is 24.0 Å². The van der Waals surface area contributed by atoms with Crippen molar-refractivity contribution in [3.05, 3.63) is 0 Å². The quantitative estimate of drug-likeness (QED) is 0.437. The molecule has 1 amide bonds. The molecule has 0 spiro atoms. The summed E-state index contributed by atoms with van der Waals surface area (Å²) in [4.78, 5) is 21.3. The van der Waals surface area contributed by atoms with Gasteiger partial charge in [0.1, 0.15) is 6.04 Å². The van der Waals surface area contributed by atoms with Crippen LogP contribution in [-0.2, 0) is 9.59 Å². The fraction of sp³-hybridized carbons (Fsp3) is 0.750. The summed E-state index contributed by atoms with van der Waals surface area (Å²) in [5.74, 6) is -1.13. The van der Waals surface area contributed by atoms with Crippen LogP contribution < -0.4 is 5.32 Å². The Hall–Kier alpha value is -0.790. The Labute approximate surface area is 91.7 Å². The molecule has 0 rings (SSSR count). The number of thioether (sulfide) groups is 1. The van der Waals surface area contributed by atoms with Gasteiger partial charge in [-0.3, -0.25) is 4.79 Å². The van der Waals surface area contributed by atoms with Crippen molar-refractivity contribution in [1.29, 1.82) is 0 Å². The Bertz CT molecular complexity index is 223. The van der Waals surface area contributed by atoms with E-state index >= 15 is 0 Å². The van der Waals surface area contributed by atoms with Gasteiger partial charge in [0.15, 0.2) is 0 Å². The highest BCUT2D eigenvalue weighted by atomic mass is 32.2. The number of aliphatic hydroxyl groups excluding tert-OH is 2. The minimum atomic E-state index is -1.11. The first kappa shape index (κ1) is 14.2. The van der Waals surface area contributed by atoms with Gasteiger partial charge < -0.3 is 20.6 Å². The van der Waals surface area contributed by atoms with E-state index in [1.807, 2.05) is 0 Å². The molecule has 2 unspecified atom stereocenters. The lowest BCUT2D eigenvalue weighted by atomic mass is 10.3. The third-order valence-corrected chi connectivity index (χ3v) is 2.67.